The lowest BCUT2D eigenvalue weighted by atomic mass is 10.2. The first-order valence-electron chi connectivity index (χ1n) is 7.48. The van der Waals surface area contributed by atoms with Crippen molar-refractivity contribution in [2.75, 3.05) is 12.3 Å². The Bertz CT molecular complexity index is 934. The van der Waals surface area contributed by atoms with Crippen LogP contribution < -0.4 is 21.7 Å². The third-order valence-corrected chi connectivity index (χ3v) is 4.09. The van der Waals surface area contributed by atoms with Crippen LogP contribution in [-0.2, 0) is 13.6 Å². The zero-order valence-electron chi connectivity index (χ0n) is 13.7. The van der Waals surface area contributed by atoms with Gasteiger partial charge in [0.25, 0.3) is 5.56 Å². The SMILES string of the molecule is CCCn1c(N)c(C(=O)COc2ccc(Cl)cc2Cl)c(=O)n(C)c1=O. The van der Waals surface area contributed by atoms with E-state index in [0.717, 1.165) is 4.57 Å². The summed E-state index contributed by atoms with van der Waals surface area (Å²) in [6, 6.07) is 4.54. The van der Waals surface area contributed by atoms with Crippen LogP contribution in [0.4, 0.5) is 5.82 Å². The van der Waals surface area contributed by atoms with Crippen molar-refractivity contribution in [2.45, 2.75) is 19.9 Å². The Balaban J connectivity index is 2.36. The van der Waals surface area contributed by atoms with Gasteiger partial charge in [-0.3, -0.25) is 18.7 Å². The standard InChI is InChI=1S/C16H17Cl2N3O4/c1-3-6-21-14(19)13(15(23)20(2)16(21)24)11(22)8-25-12-5-4-9(17)7-10(12)18/h4-5,7H,3,6,8,19H2,1-2H3. The van der Waals surface area contributed by atoms with Gasteiger partial charge in [-0.25, -0.2) is 4.79 Å². The van der Waals surface area contributed by atoms with Crippen LogP contribution in [0.3, 0.4) is 0 Å². The molecule has 0 aliphatic heterocycles. The molecule has 0 amide bonds. The fourth-order valence-electron chi connectivity index (χ4n) is 2.29. The quantitative estimate of drug-likeness (QED) is 0.768. The molecule has 7 nitrogen and oxygen atoms in total. The Kier molecular flexibility index (Phi) is 5.92. The van der Waals surface area contributed by atoms with Crippen LogP contribution in [0.25, 0.3) is 0 Å². The summed E-state index contributed by atoms with van der Waals surface area (Å²) in [5.74, 6) is -0.559. The monoisotopic (exact) mass is 385 g/mol. The average Bonchev–Trinajstić information content (AvgIpc) is 2.56. The number of aromatic nitrogens is 2. The number of rotatable bonds is 6. The summed E-state index contributed by atoms with van der Waals surface area (Å²) in [6.07, 6.45) is 0.618. The molecule has 134 valence electrons. The van der Waals surface area contributed by atoms with E-state index < -0.39 is 23.6 Å². The Labute approximate surface area is 153 Å². The summed E-state index contributed by atoms with van der Waals surface area (Å²) >= 11 is 11.8. The molecule has 0 saturated heterocycles. The van der Waals surface area contributed by atoms with E-state index in [9.17, 15) is 14.4 Å². The molecule has 2 aromatic rings. The normalized spacial score (nSPS) is 10.7. The van der Waals surface area contributed by atoms with Crippen LogP contribution in [0.1, 0.15) is 23.7 Å². The maximum absolute atomic E-state index is 12.5. The van der Waals surface area contributed by atoms with Crippen LogP contribution >= 0.6 is 23.2 Å². The number of nitrogens with zero attached hydrogens (tertiary/aromatic N) is 2. The number of Topliss-reactive ketones (excluding diaryl/α,β-unsaturated/α-hetero) is 1. The van der Waals surface area contributed by atoms with Gasteiger partial charge >= 0.3 is 5.69 Å². The van der Waals surface area contributed by atoms with Gasteiger partial charge in [0.2, 0.25) is 5.78 Å². The number of hydrogen-bond donors (Lipinski definition) is 1. The largest absolute Gasteiger partial charge is 0.484 e. The van der Waals surface area contributed by atoms with Gasteiger partial charge in [-0.15, -0.1) is 0 Å². The minimum absolute atomic E-state index is 0.161. The summed E-state index contributed by atoms with van der Waals surface area (Å²) in [5.41, 5.74) is 4.29. The van der Waals surface area contributed by atoms with Gasteiger partial charge in [0.1, 0.15) is 17.1 Å². The van der Waals surface area contributed by atoms with Crippen molar-refractivity contribution in [3.63, 3.8) is 0 Å². The van der Waals surface area contributed by atoms with E-state index in [-0.39, 0.29) is 22.2 Å². The van der Waals surface area contributed by atoms with E-state index in [1.54, 1.807) is 6.07 Å². The van der Waals surface area contributed by atoms with Gasteiger partial charge in [0.05, 0.1) is 5.02 Å². The summed E-state index contributed by atoms with van der Waals surface area (Å²) in [6.45, 7) is 1.69. The summed E-state index contributed by atoms with van der Waals surface area (Å²) < 4.78 is 7.41. The second-order valence-electron chi connectivity index (χ2n) is 5.35. The lowest BCUT2D eigenvalue weighted by Crippen LogP contribution is -2.43. The van der Waals surface area contributed by atoms with E-state index in [2.05, 4.69) is 0 Å². The first kappa shape index (κ1) is 19.1. The molecule has 25 heavy (non-hydrogen) atoms. The van der Waals surface area contributed by atoms with E-state index in [1.165, 1.54) is 23.7 Å². The molecule has 2 N–H and O–H groups in total. The maximum atomic E-state index is 12.5. The Morgan fingerprint density at radius 3 is 2.56 bits per heavy atom. The molecule has 0 aliphatic rings. The highest BCUT2D eigenvalue weighted by molar-refractivity contribution is 6.35. The molecule has 0 fully saturated rings. The van der Waals surface area contributed by atoms with E-state index >= 15 is 0 Å². The number of benzene rings is 1. The molecule has 0 aliphatic carbocycles. The number of ether oxygens (including phenoxy) is 1. The molecule has 1 heterocycles. The van der Waals surface area contributed by atoms with E-state index in [4.69, 9.17) is 33.7 Å². The smallest absolute Gasteiger partial charge is 0.332 e. The number of halogens is 2. The van der Waals surface area contributed by atoms with Crippen LogP contribution in [0.15, 0.2) is 27.8 Å². The van der Waals surface area contributed by atoms with Gasteiger partial charge < -0.3 is 10.5 Å². The van der Waals surface area contributed by atoms with Crippen molar-refractivity contribution in [3.05, 3.63) is 54.6 Å². The Hall–Kier alpha value is -2.25. The van der Waals surface area contributed by atoms with Gasteiger partial charge in [-0.05, 0) is 24.6 Å². The fraction of sp³-hybridized carbons (Fsp3) is 0.312. The molecule has 0 spiro atoms. The molecule has 1 aromatic carbocycles. The molecular weight excluding hydrogens is 369 g/mol. The summed E-state index contributed by atoms with van der Waals surface area (Å²) in [5, 5.41) is 0.658. The molecule has 0 saturated carbocycles. The number of carbonyl (C=O) groups excluding carboxylic acids is 1. The second kappa shape index (κ2) is 7.76. The number of anilines is 1. The highest BCUT2D eigenvalue weighted by atomic mass is 35.5. The van der Waals surface area contributed by atoms with Crippen LogP contribution in [0.2, 0.25) is 10.0 Å². The predicted molar refractivity (Wildman–Crippen MR) is 96.9 cm³/mol. The van der Waals surface area contributed by atoms with E-state index in [0.29, 0.717) is 18.0 Å². The minimum atomic E-state index is -0.759. The number of carbonyl (C=O) groups is 1. The maximum Gasteiger partial charge on any atom is 0.332 e. The molecule has 0 unspecified atom stereocenters. The topological polar surface area (TPSA) is 96.3 Å². The van der Waals surface area contributed by atoms with Crippen molar-refractivity contribution in [2.24, 2.45) is 7.05 Å². The number of nitrogen functional groups attached to an aromatic ring is 1. The zero-order chi connectivity index (χ0) is 18.7. The minimum Gasteiger partial charge on any atom is -0.484 e. The Morgan fingerprint density at radius 1 is 1.28 bits per heavy atom. The van der Waals surface area contributed by atoms with E-state index in [1.807, 2.05) is 6.92 Å². The van der Waals surface area contributed by atoms with Gasteiger partial charge in [0, 0.05) is 18.6 Å². The molecule has 0 bridgehead atoms. The molecule has 9 heteroatoms. The first-order chi connectivity index (χ1) is 11.8. The number of hydrogen-bond acceptors (Lipinski definition) is 5. The fourth-order valence-corrected chi connectivity index (χ4v) is 2.76. The first-order valence-corrected chi connectivity index (χ1v) is 8.23. The second-order valence-corrected chi connectivity index (χ2v) is 6.19. The summed E-state index contributed by atoms with van der Waals surface area (Å²) in [4.78, 5) is 36.8. The number of nitrogens with two attached hydrogens (primary N) is 1. The van der Waals surface area contributed by atoms with Crippen molar-refractivity contribution in [1.29, 1.82) is 0 Å². The highest BCUT2D eigenvalue weighted by Crippen LogP contribution is 2.27. The van der Waals surface area contributed by atoms with Crippen LogP contribution in [0.5, 0.6) is 5.75 Å². The van der Waals surface area contributed by atoms with Crippen molar-refractivity contribution in [1.82, 2.24) is 9.13 Å². The zero-order valence-corrected chi connectivity index (χ0v) is 15.2. The number of ketones is 1. The molecule has 1 aromatic heterocycles. The van der Waals surface area contributed by atoms with Crippen LogP contribution in [-0.4, -0.2) is 21.5 Å². The van der Waals surface area contributed by atoms with Crippen molar-refractivity contribution < 1.29 is 9.53 Å². The van der Waals surface area contributed by atoms with Gasteiger partial charge in [-0.1, -0.05) is 30.1 Å². The van der Waals surface area contributed by atoms with Crippen LogP contribution in [0, 0.1) is 0 Å². The lowest BCUT2D eigenvalue weighted by molar-refractivity contribution is 0.0919. The van der Waals surface area contributed by atoms with Gasteiger partial charge in [-0.2, -0.15) is 0 Å². The molecule has 0 radical (unpaired) electrons. The Morgan fingerprint density at radius 2 is 1.96 bits per heavy atom. The van der Waals surface area contributed by atoms with Crippen molar-refractivity contribution >= 4 is 34.8 Å². The molecule has 2 rings (SSSR count). The average molecular weight is 386 g/mol. The third kappa shape index (κ3) is 3.88. The van der Waals surface area contributed by atoms with Gasteiger partial charge in [0.15, 0.2) is 6.61 Å². The predicted octanol–water partition coefficient (Wildman–Crippen LogP) is 2.11. The summed E-state index contributed by atoms with van der Waals surface area (Å²) in [7, 11) is 1.30. The highest BCUT2D eigenvalue weighted by Gasteiger charge is 2.22. The lowest BCUT2D eigenvalue weighted by Gasteiger charge is -2.14. The molecule has 0 atom stereocenters. The van der Waals surface area contributed by atoms with Crippen molar-refractivity contribution in [3.8, 4) is 5.75 Å². The third-order valence-electron chi connectivity index (χ3n) is 3.56. The molecular formula is C16H17Cl2N3O4.